The molecule has 4 heteroatoms. The number of rotatable bonds is 9. The van der Waals surface area contributed by atoms with E-state index in [1.54, 1.807) is 12.1 Å². The van der Waals surface area contributed by atoms with Gasteiger partial charge in [0.25, 0.3) is 0 Å². The largest absolute Gasteiger partial charge is 0.493 e. The van der Waals surface area contributed by atoms with Gasteiger partial charge in [-0.25, -0.2) is 4.79 Å². The van der Waals surface area contributed by atoms with Gasteiger partial charge in [-0.3, -0.25) is 0 Å². The quantitative estimate of drug-likeness (QED) is 0.509. The number of carbonyl (C=O) groups excluding carboxylic acids is 1. The Balaban J connectivity index is 2.91. The Labute approximate surface area is 121 Å². The van der Waals surface area contributed by atoms with E-state index in [1.807, 2.05) is 6.07 Å². The molecule has 0 aromatic heterocycles. The zero-order valence-corrected chi connectivity index (χ0v) is 12.6. The maximum atomic E-state index is 11.9. The molecule has 0 saturated carbocycles. The molecule has 0 bridgehead atoms. The molecule has 1 rings (SSSR count). The highest BCUT2D eigenvalue weighted by Crippen LogP contribution is 2.29. The van der Waals surface area contributed by atoms with Gasteiger partial charge in [-0.15, -0.1) is 0 Å². The minimum absolute atomic E-state index is 0.377. The molecule has 1 aromatic rings. The number of hydrogen-bond acceptors (Lipinski definition) is 4. The second-order valence-electron chi connectivity index (χ2n) is 4.52. The van der Waals surface area contributed by atoms with Gasteiger partial charge in [-0.2, -0.15) is 0 Å². The second-order valence-corrected chi connectivity index (χ2v) is 4.52. The first-order chi connectivity index (χ1) is 9.74. The van der Waals surface area contributed by atoms with Crippen LogP contribution in [-0.2, 0) is 4.74 Å². The molecule has 0 aliphatic carbocycles. The van der Waals surface area contributed by atoms with Crippen LogP contribution in [0, 0.1) is 0 Å². The zero-order chi connectivity index (χ0) is 14.8. The van der Waals surface area contributed by atoms with Crippen LogP contribution in [0.3, 0.4) is 0 Å². The Bertz CT molecular complexity index is 387. The Morgan fingerprint density at radius 1 is 1.00 bits per heavy atom. The summed E-state index contributed by atoms with van der Waals surface area (Å²) < 4.78 is 16.2. The number of benzene rings is 1. The lowest BCUT2D eigenvalue weighted by Crippen LogP contribution is -2.10. The molecule has 0 spiro atoms. The lowest BCUT2D eigenvalue weighted by Gasteiger charge is -2.14. The summed E-state index contributed by atoms with van der Waals surface area (Å²) >= 11 is 0. The number of methoxy groups -OCH3 is 1. The highest BCUT2D eigenvalue weighted by Gasteiger charge is 2.19. The summed E-state index contributed by atoms with van der Waals surface area (Å²) in [6.45, 7) is 5.35. The predicted molar refractivity (Wildman–Crippen MR) is 78.6 cm³/mol. The van der Waals surface area contributed by atoms with Gasteiger partial charge in [0, 0.05) is 0 Å². The van der Waals surface area contributed by atoms with Crippen molar-refractivity contribution in [3.8, 4) is 11.5 Å². The van der Waals surface area contributed by atoms with E-state index in [2.05, 4.69) is 13.8 Å². The van der Waals surface area contributed by atoms with Crippen LogP contribution in [0.2, 0.25) is 0 Å². The molecular formula is C16H24O4. The van der Waals surface area contributed by atoms with E-state index in [4.69, 9.17) is 14.2 Å². The molecular weight excluding hydrogens is 256 g/mol. The van der Waals surface area contributed by atoms with Crippen molar-refractivity contribution in [2.75, 3.05) is 20.3 Å². The van der Waals surface area contributed by atoms with E-state index in [1.165, 1.54) is 7.11 Å². The Kier molecular flexibility index (Phi) is 7.55. The van der Waals surface area contributed by atoms with Crippen molar-refractivity contribution in [1.82, 2.24) is 0 Å². The summed E-state index contributed by atoms with van der Waals surface area (Å²) in [5, 5.41) is 0. The zero-order valence-electron chi connectivity index (χ0n) is 12.6. The molecule has 4 nitrogen and oxygen atoms in total. The Morgan fingerprint density at radius 3 is 1.90 bits per heavy atom. The van der Waals surface area contributed by atoms with Gasteiger partial charge in [0.15, 0.2) is 0 Å². The number of ether oxygens (including phenoxy) is 3. The lowest BCUT2D eigenvalue weighted by atomic mass is 10.1. The monoisotopic (exact) mass is 280 g/mol. The molecule has 0 aliphatic heterocycles. The minimum Gasteiger partial charge on any atom is -0.493 e. The molecule has 20 heavy (non-hydrogen) atoms. The predicted octanol–water partition coefficient (Wildman–Crippen LogP) is 3.83. The van der Waals surface area contributed by atoms with Crippen LogP contribution in [0.15, 0.2) is 18.2 Å². The molecule has 0 aliphatic rings. The van der Waals surface area contributed by atoms with E-state index in [0.29, 0.717) is 30.3 Å². The first-order valence-electron chi connectivity index (χ1n) is 7.21. The van der Waals surface area contributed by atoms with Crippen LogP contribution < -0.4 is 9.47 Å². The highest BCUT2D eigenvalue weighted by molar-refractivity contribution is 5.95. The summed E-state index contributed by atoms with van der Waals surface area (Å²) in [4.78, 5) is 11.9. The maximum absolute atomic E-state index is 11.9. The normalized spacial score (nSPS) is 10.2. The van der Waals surface area contributed by atoms with E-state index in [-0.39, 0.29) is 0 Å². The number of carbonyl (C=O) groups is 1. The van der Waals surface area contributed by atoms with E-state index in [0.717, 1.165) is 25.7 Å². The summed E-state index contributed by atoms with van der Waals surface area (Å²) in [5.74, 6) is 0.627. The number of unbranched alkanes of at least 4 members (excludes halogenated alkanes) is 2. The molecule has 1 aromatic carbocycles. The van der Waals surface area contributed by atoms with Crippen LogP contribution in [0.5, 0.6) is 11.5 Å². The third kappa shape index (κ3) is 4.76. The lowest BCUT2D eigenvalue weighted by molar-refractivity contribution is 0.0591. The average Bonchev–Trinajstić information content (AvgIpc) is 2.47. The molecule has 0 amide bonds. The van der Waals surface area contributed by atoms with Gasteiger partial charge in [0.2, 0.25) is 0 Å². The van der Waals surface area contributed by atoms with Gasteiger partial charge in [-0.05, 0) is 25.0 Å². The first kappa shape index (κ1) is 16.3. The van der Waals surface area contributed by atoms with Gasteiger partial charge in [-0.1, -0.05) is 32.8 Å². The minimum atomic E-state index is -0.427. The maximum Gasteiger partial charge on any atom is 0.345 e. The third-order valence-electron chi connectivity index (χ3n) is 2.89. The molecule has 0 fully saturated rings. The van der Waals surface area contributed by atoms with E-state index in [9.17, 15) is 4.79 Å². The molecule has 0 radical (unpaired) electrons. The van der Waals surface area contributed by atoms with Crippen LogP contribution in [0.25, 0.3) is 0 Å². The molecule has 0 unspecified atom stereocenters. The highest BCUT2D eigenvalue weighted by atomic mass is 16.5. The molecule has 0 atom stereocenters. The number of hydrogen-bond donors (Lipinski definition) is 0. The van der Waals surface area contributed by atoms with Crippen LogP contribution in [-0.4, -0.2) is 26.3 Å². The number of esters is 1. The first-order valence-corrected chi connectivity index (χ1v) is 7.21. The SMILES string of the molecule is CCCCOc1cccc(OCCCC)c1C(=O)OC. The summed E-state index contributed by atoms with van der Waals surface area (Å²) in [5.41, 5.74) is 0.377. The van der Waals surface area contributed by atoms with Crippen molar-refractivity contribution in [2.24, 2.45) is 0 Å². The second kappa shape index (κ2) is 9.23. The van der Waals surface area contributed by atoms with E-state index < -0.39 is 5.97 Å². The molecule has 0 N–H and O–H groups in total. The fourth-order valence-corrected chi connectivity index (χ4v) is 1.71. The molecule has 0 saturated heterocycles. The smallest absolute Gasteiger partial charge is 0.345 e. The van der Waals surface area contributed by atoms with Crippen LogP contribution in [0.4, 0.5) is 0 Å². The van der Waals surface area contributed by atoms with E-state index >= 15 is 0 Å². The fourth-order valence-electron chi connectivity index (χ4n) is 1.71. The van der Waals surface area contributed by atoms with Crippen molar-refractivity contribution in [1.29, 1.82) is 0 Å². The average molecular weight is 280 g/mol. The molecule has 112 valence electrons. The Hall–Kier alpha value is -1.71. The van der Waals surface area contributed by atoms with Crippen molar-refractivity contribution in [3.63, 3.8) is 0 Å². The van der Waals surface area contributed by atoms with Gasteiger partial charge < -0.3 is 14.2 Å². The van der Waals surface area contributed by atoms with Gasteiger partial charge in [0.1, 0.15) is 17.1 Å². The van der Waals surface area contributed by atoms with Crippen molar-refractivity contribution in [2.45, 2.75) is 39.5 Å². The standard InChI is InChI=1S/C16H24O4/c1-4-6-11-19-13-9-8-10-14(20-12-7-5-2)15(13)16(17)18-3/h8-10H,4-7,11-12H2,1-3H3. The van der Waals surface area contributed by atoms with Gasteiger partial charge >= 0.3 is 5.97 Å². The Morgan fingerprint density at radius 2 is 1.50 bits per heavy atom. The molecule has 0 heterocycles. The topological polar surface area (TPSA) is 44.8 Å². The summed E-state index contributed by atoms with van der Waals surface area (Å²) in [6.07, 6.45) is 3.98. The van der Waals surface area contributed by atoms with Crippen LogP contribution >= 0.6 is 0 Å². The third-order valence-corrected chi connectivity index (χ3v) is 2.89. The summed E-state index contributed by atoms with van der Waals surface area (Å²) in [7, 11) is 1.36. The fraction of sp³-hybridized carbons (Fsp3) is 0.562. The van der Waals surface area contributed by atoms with Crippen molar-refractivity contribution < 1.29 is 19.0 Å². The summed E-state index contributed by atoms with van der Waals surface area (Å²) in [6, 6.07) is 5.37. The van der Waals surface area contributed by atoms with Crippen LogP contribution in [0.1, 0.15) is 49.9 Å². The van der Waals surface area contributed by atoms with Crippen molar-refractivity contribution in [3.05, 3.63) is 23.8 Å². The van der Waals surface area contributed by atoms with Crippen molar-refractivity contribution >= 4 is 5.97 Å². The van der Waals surface area contributed by atoms with Gasteiger partial charge in [0.05, 0.1) is 20.3 Å².